The maximum absolute atomic E-state index is 13.4. The lowest BCUT2D eigenvalue weighted by Crippen LogP contribution is -2.38. The molecule has 4 aromatic rings. The molecule has 7 heteroatoms. The fourth-order valence-corrected chi connectivity index (χ4v) is 4.40. The number of carbonyl (C=O) groups excluding carboxylic acids is 2. The van der Waals surface area contributed by atoms with Crippen molar-refractivity contribution in [3.8, 4) is 0 Å². The van der Waals surface area contributed by atoms with Gasteiger partial charge in [-0.15, -0.1) is 0 Å². The minimum atomic E-state index is -0.152. The van der Waals surface area contributed by atoms with Gasteiger partial charge in [-0.2, -0.15) is 0 Å². The van der Waals surface area contributed by atoms with E-state index in [4.69, 9.17) is 4.98 Å². The zero-order valence-corrected chi connectivity index (χ0v) is 18.3. The molecule has 0 radical (unpaired) electrons. The second-order valence-corrected chi connectivity index (χ2v) is 8.12. The number of nitrogens with zero attached hydrogens (tertiary/aromatic N) is 4. The van der Waals surface area contributed by atoms with E-state index in [0.717, 1.165) is 41.9 Å². The van der Waals surface area contributed by atoms with Gasteiger partial charge in [-0.1, -0.05) is 30.3 Å². The highest BCUT2D eigenvalue weighted by atomic mass is 16.2. The molecule has 0 aliphatic carbocycles. The Morgan fingerprint density at radius 1 is 0.970 bits per heavy atom. The first-order chi connectivity index (χ1) is 16.2. The maximum atomic E-state index is 13.4. The van der Waals surface area contributed by atoms with Crippen molar-refractivity contribution in [2.75, 3.05) is 18.0 Å². The SMILES string of the molecule is O=C(NCCc1nc2ccccc2n1CC(=O)N1CCCc2ccccc21)c1ccncc1. The molecular weight excluding hydrogens is 414 g/mol. The number of imidazole rings is 1. The van der Waals surface area contributed by atoms with Gasteiger partial charge in [0.15, 0.2) is 0 Å². The molecule has 7 nitrogen and oxygen atoms in total. The minimum Gasteiger partial charge on any atom is -0.352 e. The number of amides is 2. The van der Waals surface area contributed by atoms with Gasteiger partial charge in [0.05, 0.1) is 11.0 Å². The molecule has 0 saturated heterocycles. The maximum Gasteiger partial charge on any atom is 0.251 e. The summed E-state index contributed by atoms with van der Waals surface area (Å²) >= 11 is 0. The first-order valence-corrected chi connectivity index (χ1v) is 11.2. The monoisotopic (exact) mass is 439 g/mol. The van der Waals surface area contributed by atoms with E-state index in [9.17, 15) is 9.59 Å². The van der Waals surface area contributed by atoms with Gasteiger partial charge in [0.25, 0.3) is 5.91 Å². The Morgan fingerprint density at radius 3 is 2.64 bits per heavy atom. The van der Waals surface area contributed by atoms with Gasteiger partial charge in [-0.3, -0.25) is 14.6 Å². The number of aromatic nitrogens is 3. The third-order valence-electron chi connectivity index (χ3n) is 6.01. The van der Waals surface area contributed by atoms with Crippen molar-refractivity contribution >= 4 is 28.5 Å². The van der Waals surface area contributed by atoms with E-state index in [1.54, 1.807) is 24.5 Å². The largest absolute Gasteiger partial charge is 0.352 e. The highest BCUT2D eigenvalue weighted by Crippen LogP contribution is 2.27. The summed E-state index contributed by atoms with van der Waals surface area (Å²) in [5, 5.41) is 2.93. The van der Waals surface area contributed by atoms with E-state index >= 15 is 0 Å². The molecule has 2 aromatic carbocycles. The number of benzene rings is 2. The summed E-state index contributed by atoms with van der Waals surface area (Å²) in [4.78, 5) is 36.3. The molecule has 1 aliphatic heterocycles. The van der Waals surface area contributed by atoms with Gasteiger partial charge in [-0.05, 0) is 48.7 Å². The lowest BCUT2D eigenvalue weighted by Gasteiger charge is -2.29. The van der Waals surface area contributed by atoms with Crippen LogP contribution in [0.15, 0.2) is 73.1 Å². The Bertz CT molecular complexity index is 1300. The summed E-state index contributed by atoms with van der Waals surface area (Å²) in [5.41, 5.74) is 4.56. The molecule has 1 N–H and O–H groups in total. The molecule has 2 aromatic heterocycles. The van der Waals surface area contributed by atoms with Crippen LogP contribution in [0.5, 0.6) is 0 Å². The molecule has 0 saturated carbocycles. The summed E-state index contributed by atoms with van der Waals surface area (Å²) in [6.07, 6.45) is 5.67. The smallest absolute Gasteiger partial charge is 0.251 e. The Balaban J connectivity index is 1.35. The van der Waals surface area contributed by atoms with E-state index in [-0.39, 0.29) is 18.4 Å². The number of nitrogens with one attached hydrogen (secondary N) is 1. The number of para-hydroxylation sites is 3. The van der Waals surface area contributed by atoms with E-state index in [0.29, 0.717) is 18.5 Å². The Hall–Kier alpha value is -4.00. The van der Waals surface area contributed by atoms with Crippen LogP contribution in [0.1, 0.15) is 28.2 Å². The van der Waals surface area contributed by atoms with Gasteiger partial charge in [0, 0.05) is 43.2 Å². The predicted molar refractivity (Wildman–Crippen MR) is 127 cm³/mol. The number of rotatable bonds is 6. The van der Waals surface area contributed by atoms with Crippen LogP contribution >= 0.6 is 0 Å². The molecule has 2 amide bonds. The second-order valence-electron chi connectivity index (χ2n) is 8.12. The number of fused-ring (bicyclic) bond motifs is 2. The molecule has 0 unspecified atom stereocenters. The average molecular weight is 440 g/mol. The predicted octanol–water partition coefficient (Wildman–Crippen LogP) is 3.38. The van der Waals surface area contributed by atoms with Crippen molar-refractivity contribution in [1.82, 2.24) is 19.9 Å². The zero-order chi connectivity index (χ0) is 22.6. The number of carbonyl (C=O) groups is 2. The molecule has 5 rings (SSSR count). The Kier molecular flexibility index (Phi) is 5.85. The third-order valence-corrected chi connectivity index (χ3v) is 6.01. The van der Waals surface area contributed by atoms with Gasteiger partial charge >= 0.3 is 0 Å². The van der Waals surface area contributed by atoms with Crippen molar-refractivity contribution in [2.24, 2.45) is 0 Å². The molecule has 0 spiro atoms. The van der Waals surface area contributed by atoms with Crippen molar-refractivity contribution in [1.29, 1.82) is 0 Å². The van der Waals surface area contributed by atoms with E-state index < -0.39 is 0 Å². The van der Waals surface area contributed by atoms with Crippen LogP contribution in [0.4, 0.5) is 5.69 Å². The summed E-state index contributed by atoms with van der Waals surface area (Å²) in [6.45, 7) is 1.35. The van der Waals surface area contributed by atoms with Gasteiger partial charge in [-0.25, -0.2) is 4.98 Å². The highest BCUT2D eigenvalue weighted by Gasteiger charge is 2.24. The number of aryl methyl sites for hydroxylation is 1. The lowest BCUT2D eigenvalue weighted by molar-refractivity contribution is -0.119. The number of hydrogen-bond donors (Lipinski definition) is 1. The summed E-state index contributed by atoms with van der Waals surface area (Å²) < 4.78 is 1.98. The average Bonchev–Trinajstić information content (AvgIpc) is 3.21. The number of pyridine rings is 1. The fourth-order valence-electron chi connectivity index (χ4n) is 4.40. The van der Waals surface area contributed by atoms with E-state index in [1.165, 1.54) is 5.56 Å². The van der Waals surface area contributed by atoms with Crippen LogP contribution < -0.4 is 10.2 Å². The Labute approximate surface area is 192 Å². The first-order valence-electron chi connectivity index (χ1n) is 11.2. The third kappa shape index (κ3) is 4.35. The summed E-state index contributed by atoms with van der Waals surface area (Å²) in [5.74, 6) is 0.679. The summed E-state index contributed by atoms with van der Waals surface area (Å²) in [7, 11) is 0. The topological polar surface area (TPSA) is 80.1 Å². The molecule has 33 heavy (non-hydrogen) atoms. The standard InChI is InChI=1S/C26H25N5O2/c32-25(30-17-5-7-19-6-1-3-9-22(19)30)18-31-23-10-4-2-8-21(23)29-24(31)13-16-28-26(33)20-11-14-27-15-12-20/h1-4,6,8-12,14-15H,5,7,13,16-18H2,(H,28,33). The molecule has 166 valence electrons. The van der Waals surface area contributed by atoms with Crippen molar-refractivity contribution < 1.29 is 9.59 Å². The normalized spacial score (nSPS) is 13.0. The lowest BCUT2D eigenvalue weighted by atomic mass is 10.0. The molecule has 0 bridgehead atoms. The van der Waals surface area contributed by atoms with E-state index in [1.807, 2.05) is 51.9 Å². The van der Waals surface area contributed by atoms with Crippen LogP contribution in [0, 0.1) is 0 Å². The van der Waals surface area contributed by atoms with Crippen LogP contribution in [0.25, 0.3) is 11.0 Å². The first kappa shape index (κ1) is 20.9. The quantitative estimate of drug-likeness (QED) is 0.500. The molecule has 0 atom stereocenters. The fraction of sp³-hybridized carbons (Fsp3) is 0.231. The molecule has 1 aliphatic rings. The van der Waals surface area contributed by atoms with Crippen LogP contribution in [-0.4, -0.2) is 39.4 Å². The van der Waals surface area contributed by atoms with Gasteiger partial charge < -0.3 is 14.8 Å². The molecule has 0 fully saturated rings. The van der Waals surface area contributed by atoms with Gasteiger partial charge in [0.2, 0.25) is 5.91 Å². The number of hydrogen-bond acceptors (Lipinski definition) is 4. The highest BCUT2D eigenvalue weighted by molar-refractivity contribution is 5.95. The minimum absolute atomic E-state index is 0.0485. The number of anilines is 1. The van der Waals surface area contributed by atoms with Crippen molar-refractivity contribution in [3.05, 3.63) is 90.0 Å². The van der Waals surface area contributed by atoms with Crippen LogP contribution in [0.2, 0.25) is 0 Å². The Morgan fingerprint density at radius 2 is 1.76 bits per heavy atom. The van der Waals surface area contributed by atoms with Crippen molar-refractivity contribution in [2.45, 2.75) is 25.8 Å². The van der Waals surface area contributed by atoms with Crippen LogP contribution in [0.3, 0.4) is 0 Å². The molecular formula is C26H25N5O2. The van der Waals surface area contributed by atoms with Crippen LogP contribution in [-0.2, 0) is 24.2 Å². The second kappa shape index (κ2) is 9.24. The molecule has 3 heterocycles. The van der Waals surface area contributed by atoms with Gasteiger partial charge in [0.1, 0.15) is 12.4 Å². The van der Waals surface area contributed by atoms with Crippen molar-refractivity contribution in [3.63, 3.8) is 0 Å². The van der Waals surface area contributed by atoms with E-state index in [2.05, 4.69) is 16.4 Å². The summed E-state index contributed by atoms with van der Waals surface area (Å²) in [6, 6.07) is 19.3. The zero-order valence-electron chi connectivity index (χ0n) is 18.3.